The van der Waals surface area contributed by atoms with Crippen molar-refractivity contribution in [2.24, 2.45) is 4.99 Å². The largest absolute Gasteiger partial charge is 0.364 e. The molecule has 1 heterocycles. The first-order valence-corrected chi connectivity index (χ1v) is 6.27. The van der Waals surface area contributed by atoms with E-state index in [2.05, 4.69) is 36.1 Å². The van der Waals surface area contributed by atoms with Gasteiger partial charge in [-0.25, -0.2) is 0 Å². The minimum absolute atomic E-state index is 0.710. The van der Waals surface area contributed by atoms with Gasteiger partial charge in [-0.15, -0.1) is 0 Å². The zero-order valence-corrected chi connectivity index (χ0v) is 10.2. The molecule has 0 aromatic carbocycles. The van der Waals surface area contributed by atoms with Crippen molar-refractivity contribution in [3.8, 4) is 0 Å². The zero-order chi connectivity index (χ0) is 10.4. The molecule has 1 N–H and O–H groups in total. The summed E-state index contributed by atoms with van der Waals surface area (Å²) in [5.74, 6) is 0. The summed E-state index contributed by atoms with van der Waals surface area (Å²) in [7, 11) is 2.14. The lowest BCUT2D eigenvalue weighted by Gasteiger charge is -2.14. The Labute approximate surface area is 91.3 Å². The van der Waals surface area contributed by atoms with E-state index in [0.29, 0.717) is 5.25 Å². The molecule has 0 aromatic rings. The standard InChI is InChI=1S/C10H21N3S/c1-4-9-8-12-10(14-9)11-6-7-13(3)5-2/h9H,4-8H2,1-3H3,(H,11,12). The number of hydrogen-bond acceptors (Lipinski definition) is 4. The molecule has 0 fully saturated rings. The summed E-state index contributed by atoms with van der Waals surface area (Å²) >= 11 is 1.89. The fourth-order valence-corrected chi connectivity index (χ4v) is 2.20. The maximum atomic E-state index is 4.46. The van der Waals surface area contributed by atoms with Crippen molar-refractivity contribution in [2.45, 2.75) is 25.5 Å². The quantitative estimate of drug-likeness (QED) is 0.751. The molecule has 1 unspecified atom stereocenters. The van der Waals surface area contributed by atoms with Crippen molar-refractivity contribution in [3.05, 3.63) is 0 Å². The van der Waals surface area contributed by atoms with Crippen LogP contribution in [0.4, 0.5) is 0 Å². The highest BCUT2D eigenvalue weighted by Gasteiger charge is 2.16. The maximum absolute atomic E-state index is 4.46. The van der Waals surface area contributed by atoms with Crippen molar-refractivity contribution >= 4 is 16.9 Å². The average molecular weight is 215 g/mol. The Morgan fingerprint density at radius 2 is 2.36 bits per heavy atom. The van der Waals surface area contributed by atoms with E-state index in [4.69, 9.17) is 0 Å². The second-order valence-electron chi connectivity index (χ2n) is 3.62. The molecule has 0 saturated carbocycles. The molecule has 0 spiro atoms. The summed E-state index contributed by atoms with van der Waals surface area (Å²) in [4.78, 5) is 6.76. The number of nitrogens with one attached hydrogen (secondary N) is 1. The van der Waals surface area contributed by atoms with Crippen molar-refractivity contribution in [2.75, 3.05) is 33.2 Å². The van der Waals surface area contributed by atoms with Crippen LogP contribution in [0.5, 0.6) is 0 Å². The van der Waals surface area contributed by atoms with Gasteiger partial charge in [0.25, 0.3) is 0 Å². The van der Waals surface area contributed by atoms with Gasteiger partial charge in [-0.3, -0.25) is 4.99 Å². The zero-order valence-electron chi connectivity index (χ0n) is 9.42. The molecule has 1 atom stereocenters. The van der Waals surface area contributed by atoms with E-state index in [0.717, 1.165) is 31.3 Å². The van der Waals surface area contributed by atoms with Crippen LogP contribution >= 0.6 is 11.8 Å². The van der Waals surface area contributed by atoms with E-state index in [9.17, 15) is 0 Å². The van der Waals surface area contributed by atoms with E-state index < -0.39 is 0 Å². The molecular formula is C10H21N3S. The van der Waals surface area contributed by atoms with Crippen LogP contribution in [-0.2, 0) is 0 Å². The Balaban J connectivity index is 2.08. The Hall–Kier alpha value is -0.220. The monoisotopic (exact) mass is 215 g/mol. The van der Waals surface area contributed by atoms with Crippen LogP contribution in [0.2, 0.25) is 0 Å². The molecule has 82 valence electrons. The third-order valence-electron chi connectivity index (χ3n) is 2.48. The minimum Gasteiger partial charge on any atom is -0.364 e. The second-order valence-corrected chi connectivity index (χ2v) is 4.91. The van der Waals surface area contributed by atoms with Gasteiger partial charge in [0.15, 0.2) is 5.17 Å². The van der Waals surface area contributed by atoms with Gasteiger partial charge in [-0.05, 0) is 20.0 Å². The molecule has 0 radical (unpaired) electrons. The first-order chi connectivity index (χ1) is 6.76. The second kappa shape index (κ2) is 6.30. The highest BCUT2D eigenvalue weighted by Crippen LogP contribution is 2.21. The number of rotatable bonds is 5. The Kier molecular flexibility index (Phi) is 5.33. The molecule has 1 aliphatic rings. The van der Waals surface area contributed by atoms with Crippen LogP contribution in [-0.4, -0.2) is 48.5 Å². The van der Waals surface area contributed by atoms with Crippen LogP contribution in [0.1, 0.15) is 20.3 Å². The van der Waals surface area contributed by atoms with Crippen LogP contribution < -0.4 is 5.32 Å². The predicted molar refractivity (Wildman–Crippen MR) is 65.1 cm³/mol. The smallest absolute Gasteiger partial charge is 0.156 e. The van der Waals surface area contributed by atoms with Crippen LogP contribution in [0, 0.1) is 0 Å². The SMILES string of the molecule is CCC1CN=C(NCCN(C)CC)S1. The van der Waals surface area contributed by atoms with E-state index >= 15 is 0 Å². The number of thioether (sulfide) groups is 1. The first-order valence-electron chi connectivity index (χ1n) is 5.39. The summed E-state index contributed by atoms with van der Waals surface area (Å²) in [6, 6.07) is 0. The minimum atomic E-state index is 0.710. The summed E-state index contributed by atoms with van der Waals surface area (Å²) in [5.41, 5.74) is 0. The lowest BCUT2D eigenvalue weighted by Crippen LogP contribution is -2.31. The van der Waals surface area contributed by atoms with Crippen LogP contribution in [0.15, 0.2) is 4.99 Å². The highest BCUT2D eigenvalue weighted by atomic mass is 32.2. The molecule has 0 aliphatic carbocycles. The Morgan fingerprint density at radius 1 is 1.57 bits per heavy atom. The number of amidine groups is 1. The van der Waals surface area contributed by atoms with Gasteiger partial charge in [0.1, 0.15) is 0 Å². The van der Waals surface area contributed by atoms with Crippen LogP contribution in [0.25, 0.3) is 0 Å². The van der Waals surface area contributed by atoms with E-state index in [1.54, 1.807) is 0 Å². The normalized spacial score (nSPS) is 21.4. The van der Waals surface area contributed by atoms with Crippen molar-refractivity contribution in [1.29, 1.82) is 0 Å². The average Bonchev–Trinajstić information content (AvgIpc) is 2.65. The third kappa shape index (κ3) is 3.88. The van der Waals surface area contributed by atoms with Crippen LogP contribution in [0.3, 0.4) is 0 Å². The fourth-order valence-electron chi connectivity index (χ4n) is 1.24. The number of likely N-dealkylation sites (N-methyl/N-ethyl adjacent to an activating group) is 1. The summed E-state index contributed by atoms with van der Waals surface area (Å²) in [5, 5.41) is 5.23. The van der Waals surface area contributed by atoms with Crippen molar-refractivity contribution in [1.82, 2.24) is 10.2 Å². The summed E-state index contributed by atoms with van der Waals surface area (Å²) < 4.78 is 0. The van der Waals surface area contributed by atoms with Crippen molar-refractivity contribution in [3.63, 3.8) is 0 Å². The Morgan fingerprint density at radius 3 is 2.93 bits per heavy atom. The van der Waals surface area contributed by atoms with E-state index in [1.807, 2.05) is 11.8 Å². The highest BCUT2D eigenvalue weighted by molar-refractivity contribution is 8.14. The molecule has 1 rings (SSSR count). The molecule has 14 heavy (non-hydrogen) atoms. The van der Waals surface area contributed by atoms with Crippen molar-refractivity contribution < 1.29 is 0 Å². The molecular weight excluding hydrogens is 194 g/mol. The molecule has 1 aliphatic heterocycles. The van der Waals surface area contributed by atoms with Gasteiger partial charge < -0.3 is 10.2 Å². The number of aliphatic imine (C=N–C) groups is 1. The lowest BCUT2D eigenvalue weighted by atomic mass is 10.3. The van der Waals surface area contributed by atoms with Gasteiger partial charge >= 0.3 is 0 Å². The van der Waals surface area contributed by atoms with Gasteiger partial charge in [0.2, 0.25) is 0 Å². The number of nitrogens with zero attached hydrogens (tertiary/aromatic N) is 2. The first kappa shape index (κ1) is 11.9. The van der Waals surface area contributed by atoms with Gasteiger partial charge in [0.05, 0.1) is 6.54 Å². The maximum Gasteiger partial charge on any atom is 0.156 e. The summed E-state index contributed by atoms with van der Waals surface area (Å²) in [6.07, 6.45) is 1.22. The number of hydrogen-bond donors (Lipinski definition) is 1. The third-order valence-corrected chi connectivity index (χ3v) is 3.79. The molecule has 0 saturated heterocycles. The molecule has 0 aromatic heterocycles. The lowest BCUT2D eigenvalue weighted by molar-refractivity contribution is 0.358. The fraction of sp³-hybridized carbons (Fsp3) is 0.900. The molecule has 0 amide bonds. The molecule has 3 nitrogen and oxygen atoms in total. The topological polar surface area (TPSA) is 27.6 Å². The van der Waals surface area contributed by atoms with Gasteiger partial charge in [-0.1, -0.05) is 25.6 Å². The summed E-state index contributed by atoms with van der Waals surface area (Å²) in [6.45, 7) is 8.60. The van der Waals surface area contributed by atoms with E-state index in [1.165, 1.54) is 6.42 Å². The predicted octanol–water partition coefficient (Wildman–Crippen LogP) is 1.41. The molecule has 0 bridgehead atoms. The van der Waals surface area contributed by atoms with Gasteiger partial charge in [-0.2, -0.15) is 0 Å². The molecule has 4 heteroatoms. The van der Waals surface area contributed by atoms with Gasteiger partial charge in [0, 0.05) is 18.3 Å². The Bertz CT molecular complexity index is 194. The van der Waals surface area contributed by atoms with E-state index in [-0.39, 0.29) is 0 Å².